The first-order valence-corrected chi connectivity index (χ1v) is 6.27. The third-order valence-electron chi connectivity index (χ3n) is 2.95. The minimum absolute atomic E-state index is 0.122. The summed E-state index contributed by atoms with van der Waals surface area (Å²) in [6.07, 6.45) is 0. The Morgan fingerprint density at radius 1 is 1.24 bits per heavy atom. The summed E-state index contributed by atoms with van der Waals surface area (Å²) in [6.45, 7) is 3.40. The highest BCUT2D eigenvalue weighted by Gasteiger charge is 2.30. The number of carbonyl (C=O) groups is 2. The zero-order valence-electron chi connectivity index (χ0n) is 11.4. The summed E-state index contributed by atoms with van der Waals surface area (Å²) in [6, 6.07) is 4.88. The van der Waals surface area contributed by atoms with Crippen molar-refractivity contribution in [3.63, 3.8) is 0 Å². The first-order chi connectivity index (χ1) is 9.90. The number of carboxylic acids is 1. The van der Waals surface area contributed by atoms with E-state index >= 15 is 0 Å². The van der Waals surface area contributed by atoms with Gasteiger partial charge in [0.2, 0.25) is 17.5 Å². The molecule has 0 aliphatic carbocycles. The summed E-state index contributed by atoms with van der Waals surface area (Å²) in [5.74, 6) is -3.74. The molecule has 0 aliphatic heterocycles. The second-order valence-electron chi connectivity index (χ2n) is 4.85. The van der Waals surface area contributed by atoms with Gasteiger partial charge in [-0.2, -0.15) is 4.98 Å². The molecule has 0 saturated heterocycles. The molecule has 0 radical (unpaired) electrons. The van der Waals surface area contributed by atoms with Gasteiger partial charge >= 0.3 is 5.97 Å². The molecule has 0 aliphatic rings. The number of hydrogen-bond donors (Lipinski definition) is 1. The molecule has 0 amide bonds. The van der Waals surface area contributed by atoms with Crippen LogP contribution in [0.1, 0.15) is 41.8 Å². The van der Waals surface area contributed by atoms with E-state index in [0.29, 0.717) is 0 Å². The molecule has 2 rings (SSSR count). The van der Waals surface area contributed by atoms with Crippen molar-refractivity contribution >= 4 is 11.8 Å². The van der Waals surface area contributed by atoms with Crippen LogP contribution >= 0.6 is 0 Å². The predicted molar refractivity (Wildman–Crippen MR) is 69.3 cm³/mol. The van der Waals surface area contributed by atoms with Crippen molar-refractivity contribution < 1.29 is 23.6 Å². The topological polar surface area (TPSA) is 93.3 Å². The molecule has 0 saturated carbocycles. The number of aliphatic carboxylic acids is 1. The van der Waals surface area contributed by atoms with Crippen LogP contribution in [0.2, 0.25) is 0 Å². The van der Waals surface area contributed by atoms with Gasteiger partial charge in [-0.25, -0.2) is 4.39 Å². The third-order valence-corrected chi connectivity index (χ3v) is 2.95. The van der Waals surface area contributed by atoms with Crippen LogP contribution in [0.4, 0.5) is 4.39 Å². The van der Waals surface area contributed by atoms with E-state index in [1.165, 1.54) is 12.1 Å². The molecule has 1 aromatic carbocycles. The van der Waals surface area contributed by atoms with E-state index in [-0.39, 0.29) is 23.2 Å². The van der Waals surface area contributed by atoms with E-state index in [1.807, 2.05) is 0 Å². The first kappa shape index (κ1) is 14.8. The highest BCUT2D eigenvalue weighted by atomic mass is 19.1. The fourth-order valence-electron chi connectivity index (χ4n) is 1.86. The van der Waals surface area contributed by atoms with Gasteiger partial charge in [-0.05, 0) is 30.2 Å². The van der Waals surface area contributed by atoms with E-state index < -0.39 is 23.5 Å². The Labute approximate surface area is 119 Å². The maximum absolute atomic E-state index is 12.8. The molecular formula is C14H13FN2O4. The lowest BCUT2D eigenvalue weighted by molar-refractivity contribution is -0.140. The van der Waals surface area contributed by atoms with E-state index in [0.717, 1.165) is 12.1 Å². The van der Waals surface area contributed by atoms with Crippen molar-refractivity contribution in [2.24, 2.45) is 5.92 Å². The van der Waals surface area contributed by atoms with Gasteiger partial charge in [-0.15, -0.1) is 0 Å². The summed E-state index contributed by atoms with van der Waals surface area (Å²) >= 11 is 0. The zero-order chi connectivity index (χ0) is 15.6. The normalized spacial score (nSPS) is 12.4. The number of carbonyl (C=O) groups excluding carboxylic acids is 1. The lowest BCUT2D eigenvalue weighted by Crippen LogP contribution is -2.18. The number of benzene rings is 1. The van der Waals surface area contributed by atoms with E-state index in [4.69, 9.17) is 9.63 Å². The van der Waals surface area contributed by atoms with Crippen LogP contribution in [-0.2, 0) is 4.79 Å². The van der Waals surface area contributed by atoms with Crippen LogP contribution < -0.4 is 0 Å². The highest BCUT2D eigenvalue weighted by molar-refractivity contribution is 6.06. The molecule has 0 spiro atoms. The largest absolute Gasteiger partial charge is 0.481 e. The van der Waals surface area contributed by atoms with Crippen LogP contribution in [0.3, 0.4) is 0 Å². The molecule has 0 bridgehead atoms. The van der Waals surface area contributed by atoms with Gasteiger partial charge in [-0.1, -0.05) is 19.0 Å². The second-order valence-corrected chi connectivity index (χ2v) is 4.85. The molecule has 21 heavy (non-hydrogen) atoms. The van der Waals surface area contributed by atoms with Gasteiger partial charge in [0.05, 0.1) is 0 Å². The Bertz CT molecular complexity index is 664. The average molecular weight is 292 g/mol. The maximum Gasteiger partial charge on any atom is 0.316 e. The van der Waals surface area contributed by atoms with Crippen molar-refractivity contribution in [1.82, 2.24) is 10.1 Å². The van der Waals surface area contributed by atoms with Gasteiger partial charge < -0.3 is 9.63 Å². The summed E-state index contributed by atoms with van der Waals surface area (Å²) in [5.41, 5.74) is 0.195. The molecule has 1 aromatic heterocycles. The minimum Gasteiger partial charge on any atom is -0.481 e. The van der Waals surface area contributed by atoms with Crippen molar-refractivity contribution in [2.75, 3.05) is 0 Å². The smallest absolute Gasteiger partial charge is 0.316 e. The van der Waals surface area contributed by atoms with Crippen LogP contribution in [0.5, 0.6) is 0 Å². The molecule has 6 nitrogen and oxygen atoms in total. The van der Waals surface area contributed by atoms with Gasteiger partial charge in [0.25, 0.3) is 0 Å². The molecule has 1 atom stereocenters. The average Bonchev–Trinajstić information content (AvgIpc) is 2.87. The number of rotatable bonds is 5. The molecule has 7 heteroatoms. The lowest BCUT2D eigenvalue weighted by atomic mass is 9.96. The van der Waals surface area contributed by atoms with E-state index in [9.17, 15) is 14.0 Å². The quantitative estimate of drug-likeness (QED) is 0.850. The Balaban J connectivity index is 2.29. The van der Waals surface area contributed by atoms with E-state index in [2.05, 4.69) is 10.1 Å². The zero-order valence-corrected chi connectivity index (χ0v) is 11.4. The summed E-state index contributed by atoms with van der Waals surface area (Å²) in [5, 5.41) is 12.6. The van der Waals surface area contributed by atoms with Gasteiger partial charge in [-0.3, -0.25) is 9.59 Å². The first-order valence-electron chi connectivity index (χ1n) is 6.27. The van der Waals surface area contributed by atoms with Crippen LogP contribution in [0.25, 0.3) is 0 Å². The standard InChI is InChI=1S/C14H13FN2O4/c1-7(2)10(14(19)20)13-16-12(17-21-13)11(18)8-3-5-9(15)6-4-8/h3-7,10H,1-2H3,(H,19,20). The molecule has 2 aromatic rings. The van der Waals surface area contributed by atoms with Gasteiger partial charge in [0.1, 0.15) is 11.7 Å². The number of hydrogen-bond acceptors (Lipinski definition) is 5. The summed E-state index contributed by atoms with van der Waals surface area (Å²) in [7, 11) is 0. The maximum atomic E-state index is 12.8. The number of carboxylic acid groups (broad SMARTS) is 1. The fraction of sp³-hybridized carbons (Fsp3) is 0.286. The predicted octanol–water partition coefficient (Wildman–Crippen LogP) is 2.26. The Morgan fingerprint density at radius 2 is 1.86 bits per heavy atom. The molecule has 1 N–H and O–H groups in total. The van der Waals surface area contributed by atoms with Crippen LogP contribution in [-0.4, -0.2) is 27.0 Å². The van der Waals surface area contributed by atoms with Gasteiger partial charge in [0.15, 0.2) is 0 Å². The van der Waals surface area contributed by atoms with Crippen LogP contribution in [0.15, 0.2) is 28.8 Å². The minimum atomic E-state index is -1.10. The summed E-state index contributed by atoms with van der Waals surface area (Å²) in [4.78, 5) is 27.1. The summed E-state index contributed by atoms with van der Waals surface area (Å²) < 4.78 is 17.7. The number of nitrogens with zero attached hydrogens (tertiary/aromatic N) is 2. The van der Waals surface area contributed by atoms with Crippen molar-refractivity contribution in [1.29, 1.82) is 0 Å². The van der Waals surface area contributed by atoms with Crippen LogP contribution in [0, 0.1) is 11.7 Å². The number of ketones is 1. The Kier molecular flexibility index (Phi) is 4.11. The Morgan fingerprint density at radius 3 is 2.38 bits per heavy atom. The fourth-order valence-corrected chi connectivity index (χ4v) is 1.86. The number of aromatic nitrogens is 2. The number of halogens is 1. The third kappa shape index (κ3) is 3.13. The van der Waals surface area contributed by atoms with Crippen molar-refractivity contribution in [3.05, 3.63) is 47.4 Å². The molecule has 0 fully saturated rings. The molecule has 1 unspecified atom stereocenters. The van der Waals surface area contributed by atoms with Crippen molar-refractivity contribution in [2.45, 2.75) is 19.8 Å². The molecular weight excluding hydrogens is 279 g/mol. The van der Waals surface area contributed by atoms with Gasteiger partial charge in [0, 0.05) is 5.56 Å². The lowest BCUT2D eigenvalue weighted by Gasteiger charge is -2.10. The highest BCUT2D eigenvalue weighted by Crippen LogP contribution is 2.23. The molecule has 110 valence electrons. The molecule has 1 heterocycles. The second kappa shape index (κ2) is 5.82. The van der Waals surface area contributed by atoms with E-state index in [1.54, 1.807) is 13.8 Å². The van der Waals surface area contributed by atoms with Crippen molar-refractivity contribution in [3.8, 4) is 0 Å². The Hall–Kier alpha value is -2.57. The monoisotopic (exact) mass is 292 g/mol. The SMILES string of the molecule is CC(C)C(C(=O)O)c1nc(C(=O)c2ccc(F)cc2)no1.